The molecule has 0 bridgehead atoms. The number of hydrogen-bond acceptors (Lipinski definition) is 5. The van der Waals surface area contributed by atoms with E-state index in [1.54, 1.807) is 0 Å². The lowest BCUT2D eigenvalue weighted by molar-refractivity contribution is -0.384. The SMILES string of the molecule is CNCCCN(C)CC(=O)c1cc([N+](=O)[O-])c[nH]1. The first-order valence-corrected chi connectivity index (χ1v) is 5.73. The minimum absolute atomic E-state index is 0.0869. The van der Waals surface area contributed by atoms with Gasteiger partial charge in [-0.25, -0.2) is 0 Å². The van der Waals surface area contributed by atoms with Crippen molar-refractivity contribution in [3.8, 4) is 0 Å². The van der Waals surface area contributed by atoms with Gasteiger partial charge in [-0.1, -0.05) is 0 Å². The monoisotopic (exact) mass is 254 g/mol. The van der Waals surface area contributed by atoms with Gasteiger partial charge in [-0.15, -0.1) is 0 Å². The molecule has 0 aliphatic rings. The fraction of sp³-hybridized carbons (Fsp3) is 0.545. The predicted octanol–water partition coefficient (Wildman–Crippen LogP) is 0.647. The maximum Gasteiger partial charge on any atom is 0.287 e. The highest BCUT2D eigenvalue weighted by molar-refractivity contribution is 5.96. The van der Waals surface area contributed by atoms with Crippen molar-refractivity contribution in [2.24, 2.45) is 0 Å². The molecule has 0 spiro atoms. The molecular formula is C11H18N4O3. The molecule has 7 nitrogen and oxygen atoms in total. The molecule has 0 amide bonds. The molecule has 0 aliphatic carbocycles. The Morgan fingerprint density at radius 1 is 1.61 bits per heavy atom. The fourth-order valence-electron chi connectivity index (χ4n) is 1.58. The quantitative estimate of drug-likeness (QED) is 0.307. The molecule has 0 atom stereocenters. The first kappa shape index (κ1) is 14.3. The summed E-state index contributed by atoms with van der Waals surface area (Å²) in [4.78, 5) is 26.3. The average Bonchev–Trinajstić information content (AvgIpc) is 2.78. The number of rotatable bonds is 8. The zero-order chi connectivity index (χ0) is 13.5. The fourth-order valence-corrected chi connectivity index (χ4v) is 1.58. The van der Waals surface area contributed by atoms with Crippen LogP contribution < -0.4 is 5.32 Å². The topological polar surface area (TPSA) is 91.3 Å². The Bertz CT molecular complexity index is 416. The Morgan fingerprint density at radius 2 is 2.33 bits per heavy atom. The van der Waals surface area contributed by atoms with E-state index in [9.17, 15) is 14.9 Å². The van der Waals surface area contributed by atoms with Crippen LogP contribution in [0.1, 0.15) is 16.9 Å². The van der Waals surface area contributed by atoms with E-state index >= 15 is 0 Å². The van der Waals surface area contributed by atoms with E-state index < -0.39 is 4.92 Å². The number of aromatic amines is 1. The Hall–Kier alpha value is -1.73. The molecule has 0 fully saturated rings. The molecule has 0 radical (unpaired) electrons. The normalized spacial score (nSPS) is 10.8. The number of nitrogens with zero attached hydrogens (tertiary/aromatic N) is 2. The number of Topliss-reactive ketones (excluding diaryl/α,β-unsaturated/α-hetero) is 1. The third kappa shape index (κ3) is 4.27. The number of H-pyrrole nitrogens is 1. The van der Waals surface area contributed by atoms with Crippen molar-refractivity contribution in [2.45, 2.75) is 6.42 Å². The number of hydrogen-bond donors (Lipinski definition) is 2. The largest absolute Gasteiger partial charge is 0.353 e. The zero-order valence-electron chi connectivity index (χ0n) is 10.6. The van der Waals surface area contributed by atoms with E-state index in [1.807, 2.05) is 19.0 Å². The van der Waals surface area contributed by atoms with E-state index in [0.717, 1.165) is 19.5 Å². The number of ketones is 1. The zero-order valence-corrected chi connectivity index (χ0v) is 10.6. The molecule has 0 aromatic carbocycles. The van der Waals surface area contributed by atoms with Gasteiger partial charge in [0.05, 0.1) is 23.4 Å². The van der Waals surface area contributed by atoms with E-state index in [1.165, 1.54) is 12.3 Å². The van der Waals surface area contributed by atoms with Crippen LogP contribution in [0.2, 0.25) is 0 Å². The van der Waals surface area contributed by atoms with Gasteiger partial charge in [0.15, 0.2) is 5.78 Å². The van der Waals surface area contributed by atoms with E-state index in [-0.39, 0.29) is 23.7 Å². The van der Waals surface area contributed by atoms with Crippen LogP contribution in [0.4, 0.5) is 5.69 Å². The molecule has 1 heterocycles. The van der Waals surface area contributed by atoms with Gasteiger partial charge >= 0.3 is 0 Å². The van der Waals surface area contributed by atoms with E-state index in [4.69, 9.17) is 0 Å². The van der Waals surface area contributed by atoms with Gasteiger partial charge in [-0.3, -0.25) is 19.8 Å². The standard InChI is InChI=1S/C11H18N4O3/c1-12-4-3-5-14(2)8-11(16)10-6-9(7-13-10)15(17)18/h6-7,12-13H,3-5,8H2,1-2H3. The van der Waals surface area contributed by atoms with Gasteiger partial charge in [0.1, 0.15) is 0 Å². The molecule has 0 saturated carbocycles. The molecule has 1 aromatic heterocycles. The molecule has 2 N–H and O–H groups in total. The number of aromatic nitrogens is 1. The average molecular weight is 254 g/mol. The minimum Gasteiger partial charge on any atom is -0.353 e. The molecule has 0 unspecified atom stereocenters. The smallest absolute Gasteiger partial charge is 0.287 e. The predicted molar refractivity (Wildman–Crippen MR) is 67.8 cm³/mol. The van der Waals surface area contributed by atoms with Crippen molar-refractivity contribution < 1.29 is 9.72 Å². The van der Waals surface area contributed by atoms with Crippen LogP contribution >= 0.6 is 0 Å². The van der Waals surface area contributed by atoms with Crippen molar-refractivity contribution in [3.05, 3.63) is 28.1 Å². The second-order valence-corrected chi connectivity index (χ2v) is 4.15. The third-order valence-electron chi connectivity index (χ3n) is 2.56. The lowest BCUT2D eigenvalue weighted by atomic mass is 10.2. The summed E-state index contributed by atoms with van der Waals surface area (Å²) in [6.45, 7) is 1.95. The summed E-state index contributed by atoms with van der Waals surface area (Å²) in [6, 6.07) is 1.27. The molecule has 18 heavy (non-hydrogen) atoms. The molecular weight excluding hydrogens is 236 g/mol. The van der Waals surface area contributed by atoms with E-state index in [0.29, 0.717) is 0 Å². The molecule has 7 heteroatoms. The highest BCUT2D eigenvalue weighted by Gasteiger charge is 2.15. The van der Waals surface area contributed by atoms with Gasteiger partial charge in [0, 0.05) is 6.07 Å². The summed E-state index contributed by atoms with van der Waals surface area (Å²) >= 11 is 0. The van der Waals surface area contributed by atoms with Crippen molar-refractivity contribution in [3.63, 3.8) is 0 Å². The van der Waals surface area contributed by atoms with Crippen LogP contribution in [0.5, 0.6) is 0 Å². The van der Waals surface area contributed by atoms with Crippen molar-refractivity contribution in [1.82, 2.24) is 15.2 Å². The van der Waals surface area contributed by atoms with Gasteiger partial charge in [-0.2, -0.15) is 0 Å². The minimum atomic E-state index is -0.524. The van der Waals surface area contributed by atoms with Crippen LogP contribution in [-0.2, 0) is 0 Å². The Morgan fingerprint density at radius 3 is 2.89 bits per heavy atom. The number of nitrogens with one attached hydrogen (secondary N) is 2. The summed E-state index contributed by atoms with van der Waals surface area (Å²) in [5.41, 5.74) is 0.193. The second-order valence-electron chi connectivity index (χ2n) is 4.15. The maximum atomic E-state index is 11.8. The van der Waals surface area contributed by atoms with Gasteiger partial charge in [0.25, 0.3) is 5.69 Å². The lowest BCUT2D eigenvalue weighted by Gasteiger charge is -2.14. The molecule has 1 rings (SSSR count). The van der Waals surface area contributed by atoms with Crippen LogP contribution in [0.25, 0.3) is 0 Å². The first-order chi connectivity index (χ1) is 8.54. The summed E-state index contributed by atoms with van der Waals surface area (Å²) in [5, 5.41) is 13.5. The Kier molecular flexibility index (Phi) is 5.47. The van der Waals surface area contributed by atoms with Crippen LogP contribution in [0.15, 0.2) is 12.3 Å². The lowest BCUT2D eigenvalue weighted by Crippen LogP contribution is -2.28. The van der Waals surface area contributed by atoms with Gasteiger partial charge in [0.2, 0.25) is 0 Å². The van der Waals surface area contributed by atoms with Crippen molar-refractivity contribution in [1.29, 1.82) is 0 Å². The molecule has 100 valence electrons. The van der Waals surface area contributed by atoms with Crippen LogP contribution in [0, 0.1) is 10.1 Å². The van der Waals surface area contributed by atoms with Gasteiger partial charge < -0.3 is 10.3 Å². The number of carbonyl (C=O) groups is 1. The van der Waals surface area contributed by atoms with Gasteiger partial charge in [-0.05, 0) is 33.6 Å². The summed E-state index contributed by atoms with van der Waals surface area (Å²) < 4.78 is 0. The summed E-state index contributed by atoms with van der Waals surface area (Å²) in [5.74, 6) is -0.143. The Labute approximate surface area is 105 Å². The van der Waals surface area contributed by atoms with Crippen LogP contribution in [0.3, 0.4) is 0 Å². The maximum absolute atomic E-state index is 11.8. The third-order valence-corrected chi connectivity index (χ3v) is 2.56. The van der Waals surface area contributed by atoms with Crippen molar-refractivity contribution >= 4 is 11.5 Å². The number of carbonyl (C=O) groups excluding carboxylic acids is 1. The Balaban J connectivity index is 2.46. The van der Waals surface area contributed by atoms with Crippen molar-refractivity contribution in [2.75, 3.05) is 33.7 Å². The first-order valence-electron chi connectivity index (χ1n) is 5.73. The van der Waals surface area contributed by atoms with E-state index in [2.05, 4.69) is 10.3 Å². The summed E-state index contributed by atoms with van der Waals surface area (Å²) in [7, 11) is 3.73. The molecule has 0 saturated heterocycles. The second kappa shape index (κ2) is 6.87. The molecule has 0 aliphatic heterocycles. The molecule has 1 aromatic rings. The highest BCUT2D eigenvalue weighted by Crippen LogP contribution is 2.12. The number of likely N-dealkylation sites (N-methyl/N-ethyl adjacent to an activating group) is 1. The van der Waals surface area contributed by atoms with Crippen LogP contribution in [-0.4, -0.2) is 54.3 Å². The highest BCUT2D eigenvalue weighted by atomic mass is 16.6. The number of nitro groups is 1. The summed E-state index contributed by atoms with van der Waals surface area (Å²) in [6.07, 6.45) is 2.18.